The fourth-order valence-electron chi connectivity index (χ4n) is 4.59. The molecule has 2 heterocycles. The van der Waals surface area contributed by atoms with Crippen molar-refractivity contribution in [3.05, 3.63) is 102 Å². The van der Waals surface area contributed by atoms with Crippen molar-refractivity contribution in [3.8, 4) is 22.6 Å². The molecule has 0 atom stereocenters. The quantitative estimate of drug-likeness (QED) is 0.273. The summed E-state index contributed by atoms with van der Waals surface area (Å²) < 4.78 is 54.6. The van der Waals surface area contributed by atoms with Crippen LogP contribution in [0, 0.1) is 5.82 Å². The molecule has 0 unspecified atom stereocenters. The molecule has 1 aromatic heterocycles. The van der Waals surface area contributed by atoms with Crippen molar-refractivity contribution in [2.75, 3.05) is 19.8 Å². The molecule has 1 saturated heterocycles. The monoisotopic (exact) mass is 564 g/mol. The van der Waals surface area contributed by atoms with Crippen LogP contribution in [0.2, 0.25) is 0 Å². The number of nitrogens with zero attached hydrogens (tertiary/aromatic N) is 1. The second-order valence-corrected chi connectivity index (χ2v) is 11.1. The summed E-state index contributed by atoms with van der Waals surface area (Å²) in [5, 5.41) is 16.1. The maximum atomic E-state index is 14.3. The summed E-state index contributed by atoms with van der Waals surface area (Å²) in [5.41, 5.74) is 2.12. The Balaban J connectivity index is 1.29. The lowest BCUT2D eigenvalue weighted by molar-refractivity contribution is -0.0681. The fraction of sp³-hybridized carbons (Fsp3) is 0.233. The van der Waals surface area contributed by atoms with Gasteiger partial charge in [0.1, 0.15) is 11.5 Å². The lowest BCUT2D eigenvalue weighted by atomic mass is 9.85. The van der Waals surface area contributed by atoms with E-state index in [2.05, 4.69) is 4.98 Å². The van der Waals surface area contributed by atoms with Gasteiger partial charge in [0.15, 0.2) is 5.76 Å². The molecular weight excluding hydrogens is 535 g/mol. The third-order valence-electron chi connectivity index (χ3n) is 6.69. The summed E-state index contributed by atoms with van der Waals surface area (Å²) in [6.45, 7) is 1.23. The van der Waals surface area contributed by atoms with Crippen molar-refractivity contribution in [2.45, 2.75) is 29.9 Å². The predicted molar refractivity (Wildman–Crippen MR) is 148 cm³/mol. The molecule has 0 spiro atoms. The van der Waals surface area contributed by atoms with Crippen LogP contribution in [0.15, 0.2) is 88.2 Å². The summed E-state index contributed by atoms with van der Waals surface area (Å²) in [7, 11) is -3.82. The molecule has 5 rings (SSSR count). The van der Waals surface area contributed by atoms with Crippen LogP contribution in [0.1, 0.15) is 29.9 Å². The summed E-state index contributed by atoms with van der Waals surface area (Å²) >= 11 is 0. The number of sulfonamides is 1. The zero-order valence-corrected chi connectivity index (χ0v) is 22.4. The van der Waals surface area contributed by atoms with Crippen molar-refractivity contribution in [2.24, 2.45) is 5.14 Å². The van der Waals surface area contributed by atoms with E-state index >= 15 is 0 Å². The number of benzene rings is 3. The minimum absolute atomic E-state index is 0.00151. The lowest BCUT2D eigenvalue weighted by Gasteiger charge is -2.32. The zero-order valence-electron chi connectivity index (χ0n) is 21.6. The number of primary sulfonamides is 1. The van der Waals surface area contributed by atoms with Gasteiger partial charge in [-0.25, -0.2) is 22.9 Å². The van der Waals surface area contributed by atoms with E-state index in [0.29, 0.717) is 60.1 Å². The molecule has 3 aromatic carbocycles. The van der Waals surface area contributed by atoms with E-state index in [4.69, 9.17) is 19.0 Å². The van der Waals surface area contributed by atoms with Gasteiger partial charge in [-0.2, -0.15) is 0 Å². The van der Waals surface area contributed by atoms with Crippen molar-refractivity contribution in [3.63, 3.8) is 0 Å². The maximum absolute atomic E-state index is 14.3. The fourth-order valence-corrected chi connectivity index (χ4v) is 5.10. The van der Waals surface area contributed by atoms with Gasteiger partial charge >= 0.3 is 0 Å². The number of hydrogen-bond donors (Lipinski definition) is 2. The zero-order chi connectivity index (χ0) is 28.2. The molecule has 0 saturated carbocycles. The number of halogens is 1. The number of nitrogens with two attached hydrogens (primary N) is 1. The predicted octanol–water partition coefficient (Wildman–Crippen LogP) is 5.02. The molecular formula is C30H29FN2O6S. The van der Waals surface area contributed by atoms with Crippen LogP contribution in [0.4, 0.5) is 4.39 Å². The Labute approximate surface area is 231 Å². The van der Waals surface area contributed by atoms with E-state index in [-0.39, 0.29) is 18.1 Å². The van der Waals surface area contributed by atoms with Gasteiger partial charge in [0.25, 0.3) is 0 Å². The van der Waals surface area contributed by atoms with E-state index < -0.39 is 21.4 Å². The summed E-state index contributed by atoms with van der Waals surface area (Å²) in [6, 6.07) is 20.1. The molecule has 0 aliphatic carbocycles. The molecule has 0 radical (unpaired) electrons. The summed E-state index contributed by atoms with van der Waals surface area (Å²) in [6.07, 6.45) is 4.24. The first-order chi connectivity index (χ1) is 19.2. The number of oxazole rings is 1. The average Bonchev–Trinajstić information content (AvgIpc) is 3.37. The van der Waals surface area contributed by atoms with Crippen LogP contribution in [-0.4, -0.2) is 38.3 Å². The lowest BCUT2D eigenvalue weighted by Crippen LogP contribution is -2.33. The van der Waals surface area contributed by atoms with Crippen molar-refractivity contribution in [1.29, 1.82) is 0 Å². The molecule has 208 valence electrons. The Hall–Kier alpha value is -3.67. The van der Waals surface area contributed by atoms with Crippen LogP contribution in [0.25, 0.3) is 28.7 Å². The largest absolute Gasteiger partial charge is 0.436 e. The Morgan fingerprint density at radius 3 is 2.45 bits per heavy atom. The molecule has 1 aliphatic rings. The number of rotatable bonds is 9. The van der Waals surface area contributed by atoms with Gasteiger partial charge in [-0.3, -0.25) is 0 Å². The third-order valence-corrected chi connectivity index (χ3v) is 7.62. The van der Waals surface area contributed by atoms with E-state index in [1.165, 1.54) is 24.3 Å². The number of aromatic nitrogens is 1. The minimum atomic E-state index is -3.82. The Morgan fingerprint density at radius 2 is 1.75 bits per heavy atom. The molecule has 0 bridgehead atoms. The third kappa shape index (κ3) is 6.55. The van der Waals surface area contributed by atoms with Crippen LogP contribution >= 0.6 is 0 Å². The number of ether oxygens (including phenoxy) is 2. The standard InChI is InChI=1S/C30H29FN2O6S/c31-25-18-21(17-24(19-25)30(34)12-15-37-16-13-30)20-38-14-4-7-27-33-28(22-5-2-1-3-6-22)29(39-27)23-8-10-26(11-9-23)40(32,35)36/h1-11,17-19,34H,12-16,20H2,(H2,32,35,36)/b7-4-. The summed E-state index contributed by atoms with van der Waals surface area (Å²) in [5.74, 6) is 0.387. The smallest absolute Gasteiger partial charge is 0.238 e. The molecule has 4 aromatic rings. The highest BCUT2D eigenvalue weighted by atomic mass is 32.2. The average molecular weight is 565 g/mol. The minimum Gasteiger partial charge on any atom is -0.436 e. The summed E-state index contributed by atoms with van der Waals surface area (Å²) in [4.78, 5) is 4.63. The van der Waals surface area contributed by atoms with Crippen molar-refractivity contribution < 1.29 is 31.8 Å². The van der Waals surface area contributed by atoms with Gasteiger partial charge in [0.2, 0.25) is 15.9 Å². The molecule has 3 N–H and O–H groups in total. The highest BCUT2D eigenvalue weighted by molar-refractivity contribution is 7.89. The normalized spacial score (nSPS) is 15.5. The van der Waals surface area contributed by atoms with Crippen molar-refractivity contribution in [1.82, 2.24) is 4.98 Å². The first kappa shape index (κ1) is 27.9. The molecule has 1 aliphatic heterocycles. The van der Waals surface area contributed by atoms with Crippen LogP contribution in [-0.2, 0) is 31.7 Å². The van der Waals surface area contributed by atoms with Gasteiger partial charge < -0.3 is 19.0 Å². The van der Waals surface area contributed by atoms with Crippen LogP contribution in [0.3, 0.4) is 0 Å². The molecule has 10 heteroatoms. The number of hydrogen-bond acceptors (Lipinski definition) is 7. The van der Waals surface area contributed by atoms with Gasteiger partial charge in [0.05, 0.1) is 23.7 Å². The Kier molecular flexibility index (Phi) is 8.24. The van der Waals surface area contributed by atoms with Gasteiger partial charge in [-0.05, 0) is 53.6 Å². The van der Waals surface area contributed by atoms with Crippen LogP contribution < -0.4 is 5.14 Å². The van der Waals surface area contributed by atoms with Crippen molar-refractivity contribution >= 4 is 16.1 Å². The molecule has 0 amide bonds. The van der Waals surface area contributed by atoms with Gasteiger partial charge in [-0.1, -0.05) is 42.5 Å². The maximum Gasteiger partial charge on any atom is 0.238 e. The van der Waals surface area contributed by atoms with E-state index in [0.717, 1.165) is 5.56 Å². The van der Waals surface area contributed by atoms with Crippen LogP contribution in [0.5, 0.6) is 0 Å². The highest BCUT2D eigenvalue weighted by Gasteiger charge is 2.32. The first-order valence-electron chi connectivity index (χ1n) is 12.8. The van der Waals surface area contributed by atoms with Gasteiger partial charge in [0, 0.05) is 37.2 Å². The molecule has 1 fully saturated rings. The Bertz CT molecular complexity index is 1600. The topological polar surface area (TPSA) is 125 Å². The highest BCUT2D eigenvalue weighted by Crippen LogP contribution is 2.34. The molecule has 40 heavy (non-hydrogen) atoms. The second kappa shape index (κ2) is 11.8. The second-order valence-electron chi connectivity index (χ2n) is 9.57. The number of aliphatic hydroxyl groups is 1. The van der Waals surface area contributed by atoms with E-state index in [9.17, 15) is 17.9 Å². The van der Waals surface area contributed by atoms with Gasteiger partial charge in [-0.15, -0.1) is 0 Å². The first-order valence-corrected chi connectivity index (χ1v) is 14.3. The Morgan fingerprint density at radius 1 is 1.02 bits per heavy atom. The molecule has 8 nitrogen and oxygen atoms in total. The van der Waals surface area contributed by atoms with E-state index in [1.807, 2.05) is 30.3 Å². The van der Waals surface area contributed by atoms with E-state index in [1.54, 1.807) is 30.4 Å². The SMILES string of the molecule is NS(=O)(=O)c1ccc(-c2oc(/C=C\COCc3cc(F)cc(C4(O)CCOCC4)c3)nc2-c2ccccc2)cc1.